The first-order valence-electron chi connectivity index (χ1n) is 11.7. The largest absolute Gasteiger partial charge is 0.507 e. The lowest BCUT2D eigenvalue weighted by molar-refractivity contribution is -0.121. The Hall–Kier alpha value is -4.06. The number of carbonyl (C=O) groups excluding carboxylic acids is 1. The first kappa shape index (κ1) is 24.1. The first-order valence-corrected chi connectivity index (χ1v) is 11.7. The number of rotatable bonds is 8. The van der Waals surface area contributed by atoms with Crippen LogP contribution in [0.25, 0.3) is 22.3 Å². The van der Waals surface area contributed by atoms with Crippen molar-refractivity contribution >= 4 is 16.9 Å². The van der Waals surface area contributed by atoms with E-state index in [2.05, 4.69) is 5.32 Å². The molecule has 4 aromatic rings. The number of hydrogen-bond acceptors (Lipinski definition) is 5. The van der Waals surface area contributed by atoms with E-state index in [9.17, 15) is 19.8 Å². The molecular formula is C29H29NO5. The zero-order valence-electron chi connectivity index (χ0n) is 19.8. The maximum atomic E-state index is 13.0. The Morgan fingerprint density at radius 2 is 1.60 bits per heavy atom. The molecule has 0 aliphatic heterocycles. The van der Waals surface area contributed by atoms with Crippen molar-refractivity contribution in [1.82, 2.24) is 5.32 Å². The molecule has 1 amide bonds. The molecule has 35 heavy (non-hydrogen) atoms. The van der Waals surface area contributed by atoms with Gasteiger partial charge < -0.3 is 19.9 Å². The van der Waals surface area contributed by atoms with Gasteiger partial charge in [0.15, 0.2) is 5.43 Å². The minimum Gasteiger partial charge on any atom is -0.507 e. The number of amides is 1. The van der Waals surface area contributed by atoms with Gasteiger partial charge in [0.25, 0.3) is 0 Å². The molecule has 0 bridgehead atoms. The van der Waals surface area contributed by atoms with Crippen LogP contribution in [0.1, 0.15) is 43.7 Å². The molecule has 0 aliphatic carbocycles. The van der Waals surface area contributed by atoms with Crippen LogP contribution < -0.4 is 10.7 Å². The standard InChI is InChI=1S/C29H29NO5/c1-18(2)13-21(14-26(34)30-17-19-9-5-3-6-10-19)27-22(31)15-23(32)28-24(33)16-25(35-29(27)28)20-11-7-4-8-12-20/h3-12,15-16,18,21,31-32H,13-14,17H2,1-2H3,(H,30,34). The number of nitrogens with one attached hydrogen (secondary N) is 1. The van der Waals surface area contributed by atoms with E-state index in [0.717, 1.165) is 11.6 Å². The van der Waals surface area contributed by atoms with E-state index in [4.69, 9.17) is 4.42 Å². The lowest BCUT2D eigenvalue weighted by atomic mass is 9.85. The van der Waals surface area contributed by atoms with Crippen molar-refractivity contribution in [3.05, 3.63) is 94.1 Å². The molecule has 0 aliphatic rings. The molecule has 1 aromatic heterocycles. The fourth-order valence-corrected chi connectivity index (χ4v) is 4.43. The third-order valence-electron chi connectivity index (χ3n) is 5.98. The Morgan fingerprint density at radius 1 is 0.943 bits per heavy atom. The number of aromatic hydroxyl groups is 2. The van der Waals surface area contributed by atoms with Crippen LogP contribution in [-0.4, -0.2) is 16.1 Å². The van der Waals surface area contributed by atoms with Gasteiger partial charge in [-0.25, -0.2) is 0 Å². The summed E-state index contributed by atoms with van der Waals surface area (Å²) in [5.74, 6) is -0.638. The molecule has 180 valence electrons. The highest BCUT2D eigenvalue weighted by atomic mass is 16.3. The van der Waals surface area contributed by atoms with E-state index >= 15 is 0 Å². The molecule has 1 atom stereocenters. The summed E-state index contributed by atoms with van der Waals surface area (Å²) in [5, 5.41) is 24.3. The van der Waals surface area contributed by atoms with E-state index in [0.29, 0.717) is 29.9 Å². The predicted octanol–water partition coefficient (Wildman–Crippen LogP) is 5.71. The summed E-state index contributed by atoms with van der Waals surface area (Å²) in [7, 11) is 0. The molecule has 1 heterocycles. The molecule has 0 radical (unpaired) electrons. The van der Waals surface area contributed by atoms with Gasteiger partial charge in [-0.3, -0.25) is 9.59 Å². The molecule has 4 rings (SSSR count). The van der Waals surface area contributed by atoms with E-state index in [-0.39, 0.29) is 40.7 Å². The molecule has 0 spiro atoms. The number of hydrogen-bond donors (Lipinski definition) is 3. The summed E-state index contributed by atoms with van der Waals surface area (Å²) >= 11 is 0. The maximum Gasteiger partial charge on any atom is 0.220 e. The minimum atomic E-state index is -0.428. The highest BCUT2D eigenvalue weighted by Gasteiger charge is 2.27. The molecular weight excluding hydrogens is 442 g/mol. The van der Waals surface area contributed by atoms with Gasteiger partial charge in [0.1, 0.15) is 28.2 Å². The van der Waals surface area contributed by atoms with Crippen LogP contribution in [0.3, 0.4) is 0 Å². The summed E-state index contributed by atoms with van der Waals surface area (Å²) in [6.45, 7) is 4.45. The molecule has 1 unspecified atom stereocenters. The van der Waals surface area contributed by atoms with Gasteiger partial charge in [-0.15, -0.1) is 0 Å². The van der Waals surface area contributed by atoms with Crippen molar-refractivity contribution in [2.24, 2.45) is 5.92 Å². The summed E-state index contributed by atoms with van der Waals surface area (Å²) < 4.78 is 6.14. The Bertz CT molecular complexity index is 1380. The monoisotopic (exact) mass is 471 g/mol. The van der Waals surface area contributed by atoms with Crippen molar-refractivity contribution < 1.29 is 19.4 Å². The number of benzene rings is 3. The third-order valence-corrected chi connectivity index (χ3v) is 5.98. The van der Waals surface area contributed by atoms with Gasteiger partial charge >= 0.3 is 0 Å². The third kappa shape index (κ3) is 5.54. The van der Waals surface area contributed by atoms with Crippen molar-refractivity contribution in [3.63, 3.8) is 0 Å². The molecule has 0 saturated carbocycles. The van der Waals surface area contributed by atoms with Gasteiger partial charge in [-0.2, -0.15) is 0 Å². The topological polar surface area (TPSA) is 99.8 Å². The van der Waals surface area contributed by atoms with Crippen LogP contribution in [0.2, 0.25) is 0 Å². The van der Waals surface area contributed by atoms with Crippen LogP contribution in [-0.2, 0) is 11.3 Å². The van der Waals surface area contributed by atoms with Crippen LogP contribution in [0.15, 0.2) is 82.0 Å². The zero-order valence-corrected chi connectivity index (χ0v) is 19.8. The molecule has 3 N–H and O–H groups in total. The Kier molecular flexibility index (Phi) is 7.20. The average molecular weight is 472 g/mol. The second kappa shape index (κ2) is 10.5. The predicted molar refractivity (Wildman–Crippen MR) is 136 cm³/mol. The van der Waals surface area contributed by atoms with Gasteiger partial charge in [-0.05, 0) is 17.9 Å². The Morgan fingerprint density at radius 3 is 2.26 bits per heavy atom. The maximum absolute atomic E-state index is 13.0. The zero-order chi connectivity index (χ0) is 24.9. The van der Waals surface area contributed by atoms with Crippen molar-refractivity contribution in [3.8, 4) is 22.8 Å². The molecule has 3 aromatic carbocycles. The highest BCUT2D eigenvalue weighted by Crippen LogP contribution is 2.42. The fraction of sp³-hybridized carbons (Fsp3) is 0.241. The second-order valence-corrected chi connectivity index (χ2v) is 9.17. The lowest BCUT2D eigenvalue weighted by Gasteiger charge is -2.22. The average Bonchev–Trinajstić information content (AvgIpc) is 2.83. The first-order chi connectivity index (χ1) is 16.8. The summed E-state index contributed by atoms with van der Waals surface area (Å²) in [5.41, 5.74) is 1.73. The summed E-state index contributed by atoms with van der Waals surface area (Å²) in [4.78, 5) is 25.9. The fourth-order valence-electron chi connectivity index (χ4n) is 4.43. The van der Waals surface area contributed by atoms with Crippen LogP contribution in [0.4, 0.5) is 0 Å². The normalized spacial score (nSPS) is 12.1. The van der Waals surface area contributed by atoms with Crippen LogP contribution in [0.5, 0.6) is 11.5 Å². The van der Waals surface area contributed by atoms with Crippen molar-refractivity contribution in [1.29, 1.82) is 0 Å². The molecule has 6 nitrogen and oxygen atoms in total. The lowest BCUT2D eigenvalue weighted by Crippen LogP contribution is -2.25. The number of fused-ring (bicyclic) bond motifs is 1. The highest BCUT2D eigenvalue weighted by molar-refractivity contribution is 5.90. The minimum absolute atomic E-state index is 0.00377. The van der Waals surface area contributed by atoms with E-state index in [1.54, 1.807) is 0 Å². The van der Waals surface area contributed by atoms with Gasteiger partial charge in [0, 0.05) is 42.1 Å². The Balaban J connectivity index is 1.76. The molecule has 6 heteroatoms. The van der Waals surface area contributed by atoms with Crippen LogP contribution in [0, 0.1) is 5.92 Å². The molecule has 0 fully saturated rings. The number of phenols is 2. The summed E-state index contributed by atoms with van der Waals surface area (Å²) in [6, 6.07) is 21.3. The molecule has 0 saturated heterocycles. The number of carbonyl (C=O) groups is 1. The van der Waals surface area contributed by atoms with E-state index < -0.39 is 11.3 Å². The van der Waals surface area contributed by atoms with Gasteiger partial charge in [0.2, 0.25) is 5.91 Å². The Labute approximate surface area is 203 Å². The quantitative estimate of drug-likeness (QED) is 0.306. The smallest absolute Gasteiger partial charge is 0.220 e. The summed E-state index contributed by atoms with van der Waals surface area (Å²) in [6.07, 6.45) is 0.670. The van der Waals surface area contributed by atoms with E-state index in [1.807, 2.05) is 74.5 Å². The number of phenolic OH excluding ortho intramolecular Hbond substituents is 2. The second-order valence-electron chi connectivity index (χ2n) is 9.17. The van der Waals surface area contributed by atoms with Crippen molar-refractivity contribution in [2.45, 2.75) is 39.2 Å². The van der Waals surface area contributed by atoms with Crippen LogP contribution >= 0.6 is 0 Å². The van der Waals surface area contributed by atoms with Gasteiger partial charge in [-0.1, -0.05) is 74.5 Å². The SMILES string of the molecule is CC(C)CC(CC(=O)NCc1ccccc1)c1c(O)cc(O)c2c(=O)cc(-c3ccccc3)oc12. The van der Waals surface area contributed by atoms with E-state index in [1.165, 1.54) is 6.07 Å². The van der Waals surface area contributed by atoms with Crippen molar-refractivity contribution in [2.75, 3.05) is 0 Å². The van der Waals surface area contributed by atoms with Gasteiger partial charge in [0.05, 0.1) is 0 Å².